The number of nitrogens with one attached hydrogen (secondary N) is 1. The first-order chi connectivity index (χ1) is 10.8. The molecule has 6 rings (SSSR count). The van der Waals surface area contributed by atoms with Gasteiger partial charge >= 0.3 is 0 Å². The maximum Gasteiger partial charge on any atom is 0.0514 e. The number of hydrogen-bond acceptors (Lipinski definition) is 2. The van der Waals surface area contributed by atoms with Crippen molar-refractivity contribution < 1.29 is 5.11 Å². The summed E-state index contributed by atoms with van der Waals surface area (Å²) in [6, 6.07) is 9.68. The van der Waals surface area contributed by atoms with Crippen molar-refractivity contribution in [1.82, 2.24) is 9.88 Å². The molecule has 2 N–H and O–H groups in total. The number of aromatic nitrogens is 1. The van der Waals surface area contributed by atoms with Crippen LogP contribution in [0.1, 0.15) is 30.6 Å². The molecule has 0 amide bonds. The summed E-state index contributed by atoms with van der Waals surface area (Å²) < 4.78 is 0. The number of para-hydroxylation sites is 1. The summed E-state index contributed by atoms with van der Waals surface area (Å²) in [5, 5.41) is 11.4. The molecule has 4 aliphatic rings. The van der Waals surface area contributed by atoms with E-state index in [1.807, 2.05) is 0 Å². The molecule has 0 radical (unpaired) electrons. The molecular formula is C19H22N2O. The van der Waals surface area contributed by atoms with Gasteiger partial charge < -0.3 is 10.1 Å². The van der Waals surface area contributed by atoms with Gasteiger partial charge in [-0.25, -0.2) is 0 Å². The van der Waals surface area contributed by atoms with E-state index in [9.17, 15) is 5.11 Å². The molecule has 5 atom stereocenters. The number of nitrogens with zero attached hydrogens (tertiary/aromatic N) is 1. The first-order valence-electron chi connectivity index (χ1n) is 8.43. The fraction of sp³-hybridized carbons (Fsp3) is 0.474. The van der Waals surface area contributed by atoms with Crippen LogP contribution in [-0.2, 0) is 6.42 Å². The lowest BCUT2D eigenvalue weighted by Crippen LogP contribution is -2.60. The molecule has 4 aliphatic heterocycles. The Morgan fingerprint density at radius 2 is 2.23 bits per heavy atom. The Balaban J connectivity index is 1.69. The summed E-state index contributed by atoms with van der Waals surface area (Å²) in [4.78, 5) is 6.35. The van der Waals surface area contributed by atoms with E-state index in [0.717, 1.165) is 19.4 Å². The Bertz CT molecular complexity index is 775. The zero-order valence-corrected chi connectivity index (χ0v) is 12.9. The molecule has 114 valence electrons. The average Bonchev–Trinajstić information content (AvgIpc) is 2.93. The van der Waals surface area contributed by atoms with Crippen molar-refractivity contribution in [3.8, 4) is 0 Å². The maximum absolute atomic E-state index is 9.99. The van der Waals surface area contributed by atoms with Gasteiger partial charge in [-0.2, -0.15) is 0 Å². The van der Waals surface area contributed by atoms with E-state index in [-0.39, 0.29) is 0 Å². The van der Waals surface area contributed by atoms with E-state index in [1.54, 1.807) is 0 Å². The van der Waals surface area contributed by atoms with Crippen LogP contribution < -0.4 is 0 Å². The number of rotatable bonds is 1. The van der Waals surface area contributed by atoms with Crippen LogP contribution in [0.4, 0.5) is 0 Å². The Kier molecular flexibility index (Phi) is 2.62. The van der Waals surface area contributed by atoms with Crippen LogP contribution >= 0.6 is 0 Å². The number of hydrogen-bond donors (Lipinski definition) is 2. The topological polar surface area (TPSA) is 39.3 Å². The molecule has 5 heterocycles. The predicted octanol–water partition coefficient (Wildman–Crippen LogP) is 3.02. The summed E-state index contributed by atoms with van der Waals surface area (Å²) in [5.74, 6) is 0.965. The van der Waals surface area contributed by atoms with Crippen molar-refractivity contribution >= 4 is 10.9 Å². The summed E-state index contributed by atoms with van der Waals surface area (Å²) in [6.45, 7) is 3.55. The van der Waals surface area contributed by atoms with Gasteiger partial charge in [0.05, 0.1) is 6.04 Å². The van der Waals surface area contributed by atoms with Gasteiger partial charge in [-0.15, -0.1) is 0 Å². The summed E-state index contributed by atoms with van der Waals surface area (Å²) in [7, 11) is 0. The highest BCUT2D eigenvalue weighted by Crippen LogP contribution is 2.53. The Morgan fingerprint density at radius 1 is 1.36 bits per heavy atom. The highest BCUT2D eigenvalue weighted by molar-refractivity contribution is 5.85. The molecule has 0 spiro atoms. The quantitative estimate of drug-likeness (QED) is 0.794. The van der Waals surface area contributed by atoms with E-state index in [2.05, 4.69) is 47.1 Å². The smallest absolute Gasteiger partial charge is 0.0514 e. The first kappa shape index (κ1) is 12.9. The minimum atomic E-state index is 0.313. The van der Waals surface area contributed by atoms with Crippen molar-refractivity contribution in [2.75, 3.05) is 13.2 Å². The number of H-pyrrole nitrogens is 1. The van der Waals surface area contributed by atoms with Crippen molar-refractivity contribution in [2.45, 2.75) is 31.8 Å². The third kappa shape index (κ3) is 1.48. The van der Waals surface area contributed by atoms with E-state index in [4.69, 9.17) is 0 Å². The van der Waals surface area contributed by atoms with Crippen molar-refractivity contribution in [3.05, 3.63) is 47.2 Å². The highest BCUT2D eigenvalue weighted by atomic mass is 16.3. The number of allylic oxidation sites excluding steroid dienone is 1. The fourth-order valence-corrected chi connectivity index (χ4v) is 5.32. The lowest BCUT2D eigenvalue weighted by atomic mass is 9.64. The maximum atomic E-state index is 9.99. The van der Waals surface area contributed by atoms with Gasteiger partial charge in [0, 0.05) is 41.7 Å². The molecule has 4 unspecified atom stereocenters. The summed E-state index contributed by atoms with van der Waals surface area (Å²) in [6.07, 6.45) is 4.51. The monoisotopic (exact) mass is 294 g/mol. The van der Waals surface area contributed by atoms with Gasteiger partial charge in [0.2, 0.25) is 0 Å². The van der Waals surface area contributed by atoms with Crippen LogP contribution in [0.5, 0.6) is 0 Å². The predicted molar refractivity (Wildman–Crippen MR) is 87.7 cm³/mol. The normalized spacial score (nSPS) is 37.7. The van der Waals surface area contributed by atoms with E-state index >= 15 is 0 Å². The highest BCUT2D eigenvalue weighted by Gasteiger charge is 2.52. The number of aliphatic hydroxyl groups is 1. The molecule has 3 heteroatoms. The van der Waals surface area contributed by atoms with Gasteiger partial charge in [-0.05, 0) is 37.3 Å². The number of aromatic amines is 1. The van der Waals surface area contributed by atoms with Crippen molar-refractivity contribution in [2.24, 2.45) is 11.8 Å². The molecule has 1 aromatic carbocycles. The summed E-state index contributed by atoms with van der Waals surface area (Å²) >= 11 is 0. The Morgan fingerprint density at radius 3 is 3.05 bits per heavy atom. The number of benzene rings is 1. The van der Waals surface area contributed by atoms with Crippen LogP contribution in [-0.4, -0.2) is 34.2 Å². The standard InChI is InChI=1S/C19H22N2O/c1-2-11-9-21-17-8-14-12-5-3-4-6-16(12)20-19(14)18(21)7-13(11)15(17)10-22/h2-6,13,15,17-18,20,22H,7-10H2,1H3/b11-2+/t13?,15?,17?,18-/m0/s1. The summed E-state index contributed by atoms with van der Waals surface area (Å²) in [5.41, 5.74) is 5.74. The van der Waals surface area contributed by atoms with Crippen LogP contribution in [0.2, 0.25) is 0 Å². The third-order valence-corrected chi connectivity index (χ3v) is 6.33. The van der Waals surface area contributed by atoms with Crippen LogP contribution in [0, 0.1) is 11.8 Å². The fourth-order valence-electron chi connectivity index (χ4n) is 5.32. The number of aliphatic hydroxyl groups excluding tert-OH is 1. The SMILES string of the molecule is C/C=C1\CN2C3Cc4c([nH]c5ccccc45)[C@@H]2CC1C3CO. The molecule has 3 fully saturated rings. The second-order valence-electron chi connectivity index (χ2n) is 7.07. The minimum Gasteiger partial charge on any atom is -0.396 e. The first-order valence-corrected chi connectivity index (χ1v) is 8.43. The van der Waals surface area contributed by atoms with Gasteiger partial charge in [0.1, 0.15) is 0 Å². The second-order valence-corrected chi connectivity index (χ2v) is 7.07. The Labute approximate surface area is 130 Å². The Hall–Kier alpha value is -1.58. The van der Waals surface area contributed by atoms with Gasteiger partial charge in [-0.3, -0.25) is 4.90 Å². The molecule has 4 bridgehead atoms. The molecule has 1 aromatic heterocycles. The van der Waals surface area contributed by atoms with E-state index in [1.165, 1.54) is 27.7 Å². The van der Waals surface area contributed by atoms with Crippen molar-refractivity contribution in [3.63, 3.8) is 0 Å². The van der Waals surface area contributed by atoms with Gasteiger partial charge in [0.25, 0.3) is 0 Å². The zero-order valence-electron chi connectivity index (χ0n) is 12.9. The largest absolute Gasteiger partial charge is 0.396 e. The average molecular weight is 294 g/mol. The molecule has 0 saturated carbocycles. The van der Waals surface area contributed by atoms with Crippen LogP contribution in [0.25, 0.3) is 10.9 Å². The molecule has 3 nitrogen and oxygen atoms in total. The molecule has 0 aliphatic carbocycles. The lowest BCUT2D eigenvalue weighted by molar-refractivity contribution is -0.0503. The molecular weight excluding hydrogens is 272 g/mol. The zero-order chi connectivity index (χ0) is 14.8. The van der Waals surface area contributed by atoms with Gasteiger partial charge in [-0.1, -0.05) is 29.8 Å². The second kappa shape index (κ2) is 4.46. The lowest BCUT2D eigenvalue weighted by Gasteiger charge is -2.58. The number of fused-ring (bicyclic) bond motifs is 4. The van der Waals surface area contributed by atoms with E-state index in [0.29, 0.717) is 30.5 Å². The van der Waals surface area contributed by atoms with E-state index < -0.39 is 0 Å². The molecule has 3 saturated heterocycles. The number of piperidine rings is 3. The van der Waals surface area contributed by atoms with Crippen molar-refractivity contribution in [1.29, 1.82) is 0 Å². The molecule has 2 aromatic rings. The van der Waals surface area contributed by atoms with Gasteiger partial charge in [0.15, 0.2) is 0 Å². The third-order valence-electron chi connectivity index (χ3n) is 6.33. The van der Waals surface area contributed by atoms with Crippen LogP contribution in [0.3, 0.4) is 0 Å². The van der Waals surface area contributed by atoms with Crippen LogP contribution in [0.15, 0.2) is 35.9 Å². The minimum absolute atomic E-state index is 0.313. The molecule has 22 heavy (non-hydrogen) atoms.